The van der Waals surface area contributed by atoms with Crippen molar-refractivity contribution in [1.82, 2.24) is 9.78 Å². The zero-order valence-corrected chi connectivity index (χ0v) is 24.6. The number of halogens is 3. The number of carbonyl (C=O) groups excluding carboxylic acids is 1. The first-order valence-corrected chi connectivity index (χ1v) is 14.5. The van der Waals surface area contributed by atoms with Crippen molar-refractivity contribution in [2.75, 3.05) is 13.7 Å². The van der Waals surface area contributed by atoms with Crippen molar-refractivity contribution in [3.05, 3.63) is 89.2 Å². The lowest BCUT2D eigenvalue weighted by Gasteiger charge is -2.20. The first kappa shape index (κ1) is 29.7. The number of esters is 1. The number of ether oxygens (including phenoxy) is 3. The summed E-state index contributed by atoms with van der Waals surface area (Å²) >= 11 is 0. The number of aliphatic hydroxyl groups is 1. The lowest BCUT2D eigenvalue weighted by Crippen LogP contribution is -2.26. The molecule has 2 aliphatic rings. The van der Waals surface area contributed by atoms with E-state index in [1.54, 1.807) is 61.3 Å². The van der Waals surface area contributed by atoms with Crippen molar-refractivity contribution < 1.29 is 37.3 Å². The van der Waals surface area contributed by atoms with E-state index in [-0.39, 0.29) is 23.9 Å². The Morgan fingerprint density at radius 3 is 2.48 bits per heavy atom. The first-order chi connectivity index (χ1) is 20.9. The summed E-state index contributed by atoms with van der Waals surface area (Å²) in [6.45, 7) is 4.07. The number of nitrogens with zero attached hydrogens (tertiary/aromatic N) is 2. The molecular weight excluding hydrogens is 573 g/mol. The van der Waals surface area contributed by atoms with E-state index < -0.39 is 23.4 Å². The monoisotopic (exact) mass is 606 g/mol. The standard InChI is InChI=1S/C34H33F3N2O5/c1-33(2,41)19-39-17-23(16-38-39)20-4-6-21(7-5-20)32-27-11-13-29(26(27)10-12-28(32)34(35,36)37)44-24-8-9-25-22(14-31(40)42-3)18-43-30(25)15-24/h4-10,12,15-17,22,29,41H,11,13-14,18-19H2,1-3H3/t22-,29-/m1/s1. The first-order valence-electron chi connectivity index (χ1n) is 14.5. The van der Waals surface area contributed by atoms with Gasteiger partial charge in [-0.15, -0.1) is 0 Å². The molecule has 1 N–H and O–H groups in total. The molecule has 1 aliphatic heterocycles. The van der Waals surface area contributed by atoms with E-state index in [0.717, 1.165) is 28.3 Å². The molecule has 0 fully saturated rings. The number of hydrogen-bond acceptors (Lipinski definition) is 6. The van der Waals surface area contributed by atoms with Gasteiger partial charge in [0.25, 0.3) is 0 Å². The second-order valence-electron chi connectivity index (χ2n) is 12.0. The van der Waals surface area contributed by atoms with Gasteiger partial charge < -0.3 is 19.3 Å². The van der Waals surface area contributed by atoms with Gasteiger partial charge in [0.1, 0.15) is 17.6 Å². The van der Waals surface area contributed by atoms with E-state index in [4.69, 9.17) is 14.2 Å². The average molecular weight is 607 g/mol. The SMILES string of the molecule is COC(=O)C[C@@H]1COc2cc(O[C@@H]3CCc4c3ccc(C(F)(F)F)c4-c3ccc(-c4cnn(CC(C)(C)O)c4)cc3)ccc21. The van der Waals surface area contributed by atoms with Crippen molar-refractivity contribution in [2.24, 2.45) is 0 Å². The summed E-state index contributed by atoms with van der Waals surface area (Å²) in [7, 11) is 1.35. The van der Waals surface area contributed by atoms with Crippen LogP contribution in [0, 0.1) is 0 Å². The molecule has 0 radical (unpaired) electrons. The lowest BCUT2D eigenvalue weighted by molar-refractivity contribution is -0.141. The molecule has 6 rings (SSSR count). The van der Waals surface area contributed by atoms with Crippen LogP contribution in [0.25, 0.3) is 22.3 Å². The molecule has 3 aromatic carbocycles. The smallest absolute Gasteiger partial charge is 0.417 e. The zero-order chi connectivity index (χ0) is 31.2. The highest BCUT2D eigenvalue weighted by atomic mass is 19.4. The second-order valence-corrected chi connectivity index (χ2v) is 12.0. The summed E-state index contributed by atoms with van der Waals surface area (Å²) in [6.07, 6.45) is -0.280. The summed E-state index contributed by atoms with van der Waals surface area (Å²) in [5.41, 5.74) is 2.92. The Kier molecular flexibility index (Phi) is 7.65. The predicted octanol–water partition coefficient (Wildman–Crippen LogP) is 7.11. The van der Waals surface area contributed by atoms with Crippen molar-refractivity contribution >= 4 is 5.97 Å². The number of fused-ring (bicyclic) bond motifs is 2. The highest BCUT2D eigenvalue weighted by molar-refractivity contribution is 5.77. The van der Waals surface area contributed by atoms with Gasteiger partial charge in [-0.2, -0.15) is 18.3 Å². The molecule has 0 saturated carbocycles. The van der Waals surface area contributed by atoms with Crippen LogP contribution in [-0.4, -0.2) is 40.2 Å². The van der Waals surface area contributed by atoms with Gasteiger partial charge in [0.2, 0.25) is 0 Å². The van der Waals surface area contributed by atoms with Crippen LogP contribution >= 0.6 is 0 Å². The molecule has 230 valence electrons. The third-order valence-electron chi connectivity index (χ3n) is 8.13. The molecule has 0 bridgehead atoms. The molecule has 10 heteroatoms. The third kappa shape index (κ3) is 6.04. The Balaban J connectivity index is 1.27. The van der Waals surface area contributed by atoms with Gasteiger partial charge >= 0.3 is 12.1 Å². The molecule has 2 heterocycles. The summed E-state index contributed by atoms with van der Waals surface area (Å²) in [5.74, 6) is 0.776. The molecule has 2 atom stereocenters. The van der Waals surface area contributed by atoms with Crippen LogP contribution < -0.4 is 9.47 Å². The number of carbonyl (C=O) groups is 1. The average Bonchev–Trinajstić information content (AvgIpc) is 3.70. The largest absolute Gasteiger partial charge is 0.492 e. The Morgan fingerprint density at radius 2 is 1.77 bits per heavy atom. The van der Waals surface area contributed by atoms with Gasteiger partial charge in [0.05, 0.1) is 44.0 Å². The summed E-state index contributed by atoms with van der Waals surface area (Å²) in [4.78, 5) is 11.7. The van der Waals surface area contributed by atoms with Gasteiger partial charge in [-0.1, -0.05) is 36.4 Å². The fraction of sp³-hybridized carbons (Fsp3) is 0.353. The molecule has 0 saturated heterocycles. The van der Waals surface area contributed by atoms with Gasteiger partial charge in [-0.05, 0) is 66.6 Å². The minimum absolute atomic E-state index is 0.0997. The van der Waals surface area contributed by atoms with Crippen LogP contribution in [0.2, 0.25) is 0 Å². The Morgan fingerprint density at radius 1 is 1.05 bits per heavy atom. The molecule has 0 unspecified atom stereocenters. The molecule has 44 heavy (non-hydrogen) atoms. The topological polar surface area (TPSA) is 82.8 Å². The highest BCUT2D eigenvalue weighted by Gasteiger charge is 2.38. The lowest BCUT2D eigenvalue weighted by atomic mass is 9.90. The number of hydrogen-bond donors (Lipinski definition) is 1. The summed E-state index contributed by atoms with van der Waals surface area (Å²) in [6, 6.07) is 15.1. The van der Waals surface area contributed by atoms with Crippen molar-refractivity contribution in [2.45, 2.75) is 63.5 Å². The van der Waals surface area contributed by atoms with E-state index in [2.05, 4.69) is 5.10 Å². The molecule has 1 aromatic heterocycles. The quantitative estimate of drug-likeness (QED) is 0.215. The third-order valence-corrected chi connectivity index (χ3v) is 8.13. The number of methoxy groups -OCH3 is 1. The molecule has 4 aromatic rings. The van der Waals surface area contributed by atoms with Gasteiger partial charge in [0, 0.05) is 29.3 Å². The second kappa shape index (κ2) is 11.3. The normalized spacial score (nSPS) is 17.6. The van der Waals surface area contributed by atoms with Crippen molar-refractivity contribution in [3.8, 4) is 33.8 Å². The van der Waals surface area contributed by atoms with E-state index in [0.29, 0.717) is 48.6 Å². The minimum atomic E-state index is -4.53. The summed E-state index contributed by atoms with van der Waals surface area (Å²) < 4.78 is 61.4. The molecule has 1 aliphatic carbocycles. The molecule has 7 nitrogen and oxygen atoms in total. The van der Waals surface area contributed by atoms with Crippen LogP contribution in [0.4, 0.5) is 13.2 Å². The van der Waals surface area contributed by atoms with Gasteiger partial charge in [-0.3, -0.25) is 9.48 Å². The fourth-order valence-electron chi connectivity index (χ4n) is 6.13. The van der Waals surface area contributed by atoms with Crippen molar-refractivity contribution in [3.63, 3.8) is 0 Å². The maximum Gasteiger partial charge on any atom is 0.417 e. The van der Waals surface area contributed by atoms with Crippen LogP contribution in [0.1, 0.15) is 61.0 Å². The Hall–Kier alpha value is -4.31. The van der Waals surface area contributed by atoms with Gasteiger partial charge in [0.15, 0.2) is 0 Å². The minimum Gasteiger partial charge on any atom is -0.492 e. The molecular formula is C34H33F3N2O5. The zero-order valence-electron chi connectivity index (χ0n) is 24.6. The van der Waals surface area contributed by atoms with Gasteiger partial charge in [-0.25, -0.2) is 0 Å². The number of alkyl halides is 3. The van der Waals surface area contributed by atoms with E-state index in [1.165, 1.54) is 13.2 Å². The Labute approximate surface area is 253 Å². The van der Waals surface area contributed by atoms with Crippen LogP contribution in [0.15, 0.2) is 67.0 Å². The van der Waals surface area contributed by atoms with Crippen molar-refractivity contribution in [1.29, 1.82) is 0 Å². The fourth-order valence-corrected chi connectivity index (χ4v) is 6.13. The van der Waals surface area contributed by atoms with E-state index >= 15 is 0 Å². The number of rotatable bonds is 8. The summed E-state index contributed by atoms with van der Waals surface area (Å²) in [5, 5.41) is 14.4. The van der Waals surface area contributed by atoms with E-state index in [1.807, 2.05) is 12.1 Å². The molecule has 0 spiro atoms. The highest BCUT2D eigenvalue weighted by Crippen LogP contribution is 2.47. The maximum absolute atomic E-state index is 14.3. The number of benzene rings is 3. The van der Waals surface area contributed by atoms with Crippen LogP contribution in [0.3, 0.4) is 0 Å². The van der Waals surface area contributed by atoms with Crippen LogP contribution in [-0.2, 0) is 28.7 Å². The number of aromatic nitrogens is 2. The van der Waals surface area contributed by atoms with E-state index in [9.17, 15) is 23.1 Å². The maximum atomic E-state index is 14.3. The van der Waals surface area contributed by atoms with Crippen LogP contribution in [0.5, 0.6) is 11.5 Å². The Bertz CT molecular complexity index is 1690. The molecule has 0 amide bonds. The predicted molar refractivity (Wildman–Crippen MR) is 157 cm³/mol.